The summed E-state index contributed by atoms with van der Waals surface area (Å²) in [6, 6.07) is 0.748. The molecule has 0 amide bonds. The van der Waals surface area contributed by atoms with E-state index in [1.165, 1.54) is 38.8 Å². The summed E-state index contributed by atoms with van der Waals surface area (Å²) >= 11 is 0. The van der Waals surface area contributed by atoms with Crippen LogP contribution in [-0.4, -0.2) is 36.7 Å². The third-order valence-electron chi connectivity index (χ3n) is 3.21. The lowest BCUT2D eigenvalue weighted by molar-refractivity contribution is -0.0735. The normalized spacial score (nSPS) is 37.8. The highest BCUT2D eigenvalue weighted by Crippen LogP contribution is 2.27. The maximum Gasteiger partial charge on any atom is 0.0730 e. The monoisotopic (exact) mass is 169 g/mol. The molecule has 0 spiro atoms. The molecule has 2 rings (SSSR count). The average Bonchev–Trinajstić information content (AvgIpc) is 2.17. The van der Waals surface area contributed by atoms with Crippen molar-refractivity contribution in [1.82, 2.24) is 4.90 Å². The maximum atomic E-state index is 5.77. The van der Waals surface area contributed by atoms with Gasteiger partial charge >= 0.3 is 0 Å². The number of likely N-dealkylation sites (N-methyl/N-ethyl adjacent to an activating group) is 1. The van der Waals surface area contributed by atoms with E-state index in [0.29, 0.717) is 6.10 Å². The van der Waals surface area contributed by atoms with Gasteiger partial charge in [0.15, 0.2) is 0 Å². The zero-order valence-corrected chi connectivity index (χ0v) is 7.96. The van der Waals surface area contributed by atoms with Crippen LogP contribution in [0.5, 0.6) is 0 Å². The van der Waals surface area contributed by atoms with E-state index in [2.05, 4.69) is 11.8 Å². The van der Waals surface area contributed by atoms with Crippen molar-refractivity contribution < 1.29 is 4.74 Å². The van der Waals surface area contributed by atoms with E-state index in [1.54, 1.807) is 0 Å². The maximum absolute atomic E-state index is 5.77. The van der Waals surface area contributed by atoms with Crippen molar-refractivity contribution in [2.75, 3.05) is 19.7 Å². The van der Waals surface area contributed by atoms with Gasteiger partial charge in [0.2, 0.25) is 0 Å². The van der Waals surface area contributed by atoms with Gasteiger partial charge in [-0.2, -0.15) is 0 Å². The number of hydrogen-bond acceptors (Lipinski definition) is 2. The first-order chi connectivity index (χ1) is 5.92. The van der Waals surface area contributed by atoms with Crippen LogP contribution in [0.15, 0.2) is 0 Å². The van der Waals surface area contributed by atoms with Crippen molar-refractivity contribution in [2.24, 2.45) is 0 Å². The van der Waals surface area contributed by atoms with Gasteiger partial charge < -0.3 is 4.74 Å². The fourth-order valence-corrected chi connectivity index (χ4v) is 2.57. The second kappa shape index (κ2) is 3.75. The van der Waals surface area contributed by atoms with Gasteiger partial charge in [-0.25, -0.2) is 0 Å². The van der Waals surface area contributed by atoms with E-state index in [0.717, 1.165) is 12.6 Å². The Morgan fingerprint density at radius 3 is 3.08 bits per heavy atom. The first-order valence-corrected chi connectivity index (χ1v) is 5.27. The predicted octanol–water partition coefficient (Wildman–Crippen LogP) is 1.65. The van der Waals surface area contributed by atoms with E-state index in [9.17, 15) is 0 Å². The molecule has 0 aliphatic carbocycles. The van der Waals surface area contributed by atoms with E-state index >= 15 is 0 Å². The quantitative estimate of drug-likeness (QED) is 0.592. The van der Waals surface area contributed by atoms with Gasteiger partial charge in [-0.1, -0.05) is 6.92 Å². The van der Waals surface area contributed by atoms with E-state index in [4.69, 9.17) is 4.74 Å². The standard InChI is InChI=1S/C10H19NO/c1-2-11-7-3-6-10-9(11)5-4-8-12-10/h9-10H,2-8H2,1H3. The lowest BCUT2D eigenvalue weighted by Crippen LogP contribution is -2.51. The van der Waals surface area contributed by atoms with Crippen LogP contribution >= 0.6 is 0 Å². The van der Waals surface area contributed by atoms with Crippen molar-refractivity contribution >= 4 is 0 Å². The zero-order chi connectivity index (χ0) is 8.39. The Morgan fingerprint density at radius 2 is 2.25 bits per heavy atom. The molecule has 12 heavy (non-hydrogen) atoms. The highest BCUT2D eigenvalue weighted by atomic mass is 16.5. The molecule has 2 heteroatoms. The molecule has 0 aromatic heterocycles. The van der Waals surface area contributed by atoms with E-state index in [1.807, 2.05) is 0 Å². The molecule has 2 aliphatic rings. The summed E-state index contributed by atoms with van der Waals surface area (Å²) in [4.78, 5) is 2.59. The third kappa shape index (κ3) is 1.50. The number of ether oxygens (including phenoxy) is 1. The molecule has 0 bridgehead atoms. The Morgan fingerprint density at radius 1 is 1.33 bits per heavy atom. The predicted molar refractivity (Wildman–Crippen MR) is 49.2 cm³/mol. The third-order valence-corrected chi connectivity index (χ3v) is 3.21. The van der Waals surface area contributed by atoms with Crippen molar-refractivity contribution in [3.8, 4) is 0 Å². The smallest absolute Gasteiger partial charge is 0.0730 e. The molecular weight excluding hydrogens is 150 g/mol. The van der Waals surface area contributed by atoms with Crippen molar-refractivity contribution in [3.63, 3.8) is 0 Å². The van der Waals surface area contributed by atoms with Crippen molar-refractivity contribution in [1.29, 1.82) is 0 Å². The van der Waals surface area contributed by atoms with E-state index < -0.39 is 0 Å². The Labute approximate surface area is 74.9 Å². The Balaban J connectivity index is 1.99. The largest absolute Gasteiger partial charge is 0.377 e. The number of fused-ring (bicyclic) bond motifs is 1. The summed E-state index contributed by atoms with van der Waals surface area (Å²) < 4.78 is 5.77. The fraction of sp³-hybridized carbons (Fsp3) is 1.00. The van der Waals surface area contributed by atoms with E-state index in [-0.39, 0.29) is 0 Å². The SMILES string of the molecule is CCN1CCCC2OCCCC21. The highest BCUT2D eigenvalue weighted by Gasteiger charge is 2.32. The molecule has 2 atom stereocenters. The molecule has 0 N–H and O–H groups in total. The molecule has 2 fully saturated rings. The summed E-state index contributed by atoms with van der Waals surface area (Å²) in [6.45, 7) is 5.75. The Bertz CT molecular complexity index is 140. The summed E-state index contributed by atoms with van der Waals surface area (Å²) in [5, 5.41) is 0. The minimum Gasteiger partial charge on any atom is -0.377 e. The second-order valence-electron chi connectivity index (χ2n) is 3.89. The van der Waals surface area contributed by atoms with Crippen LogP contribution in [0, 0.1) is 0 Å². The number of piperidine rings is 1. The molecule has 70 valence electrons. The zero-order valence-electron chi connectivity index (χ0n) is 7.96. The van der Waals surface area contributed by atoms with Crippen LogP contribution < -0.4 is 0 Å². The molecule has 2 unspecified atom stereocenters. The summed E-state index contributed by atoms with van der Waals surface area (Å²) in [7, 11) is 0. The first kappa shape index (κ1) is 8.52. The minimum atomic E-state index is 0.562. The van der Waals surface area contributed by atoms with Gasteiger partial charge in [-0.15, -0.1) is 0 Å². The molecule has 0 saturated carbocycles. The van der Waals surface area contributed by atoms with Gasteiger partial charge in [-0.3, -0.25) is 4.90 Å². The molecule has 2 nitrogen and oxygen atoms in total. The first-order valence-electron chi connectivity index (χ1n) is 5.27. The minimum absolute atomic E-state index is 0.562. The van der Waals surface area contributed by atoms with Gasteiger partial charge in [0.25, 0.3) is 0 Å². The van der Waals surface area contributed by atoms with Crippen LogP contribution in [0.1, 0.15) is 32.6 Å². The Kier molecular flexibility index (Phi) is 2.66. The average molecular weight is 169 g/mol. The van der Waals surface area contributed by atoms with Crippen LogP contribution in [-0.2, 0) is 4.74 Å². The molecule has 2 heterocycles. The molecular formula is C10H19NO. The summed E-state index contributed by atoms with van der Waals surface area (Å²) in [5.41, 5.74) is 0. The fourth-order valence-electron chi connectivity index (χ4n) is 2.57. The lowest BCUT2D eigenvalue weighted by atomic mass is 9.93. The van der Waals surface area contributed by atoms with Crippen LogP contribution in [0.2, 0.25) is 0 Å². The van der Waals surface area contributed by atoms with Gasteiger partial charge in [0.1, 0.15) is 0 Å². The molecule has 2 aliphatic heterocycles. The Hall–Kier alpha value is -0.0800. The number of hydrogen-bond donors (Lipinski definition) is 0. The van der Waals surface area contributed by atoms with Crippen molar-refractivity contribution in [2.45, 2.75) is 44.8 Å². The molecule has 0 aromatic carbocycles. The second-order valence-corrected chi connectivity index (χ2v) is 3.89. The van der Waals surface area contributed by atoms with Gasteiger partial charge in [0.05, 0.1) is 6.10 Å². The molecule has 2 saturated heterocycles. The topological polar surface area (TPSA) is 12.5 Å². The van der Waals surface area contributed by atoms with Crippen LogP contribution in [0.25, 0.3) is 0 Å². The number of rotatable bonds is 1. The van der Waals surface area contributed by atoms with Crippen molar-refractivity contribution in [3.05, 3.63) is 0 Å². The van der Waals surface area contributed by atoms with Crippen LogP contribution in [0.3, 0.4) is 0 Å². The summed E-state index contributed by atoms with van der Waals surface area (Å²) in [5.74, 6) is 0. The highest BCUT2D eigenvalue weighted by molar-refractivity contribution is 4.86. The van der Waals surface area contributed by atoms with Gasteiger partial charge in [0, 0.05) is 12.6 Å². The molecule has 0 aromatic rings. The summed E-state index contributed by atoms with van der Waals surface area (Å²) in [6.07, 6.45) is 5.80. The number of likely N-dealkylation sites (tertiary alicyclic amines) is 1. The lowest BCUT2D eigenvalue weighted by Gasteiger charge is -2.43. The van der Waals surface area contributed by atoms with Crippen LogP contribution in [0.4, 0.5) is 0 Å². The number of nitrogens with zero attached hydrogens (tertiary/aromatic N) is 1. The van der Waals surface area contributed by atoms with Gasteiger partial charge in [-0.05, 0) is 38.8 Å². The molecule has 0 radical (unpaired) electrons.